The highest BCUT2D eigenvalue weighted by atomic mass is 32.2. The summed E-state index contributed by atoms with van der Waals surface area (Å²) < 4.78 is 21.4. The van der Waals surface area contributed by atoms with Crippen molar-refractivity contribution >= 4 is 21.8 Å². The van der Waals surface area contributed by atoms with Crippen molar-refractivity contribution in [1.29, 1.82) is 0 Å². The SMILES string of the molecule is O=C(O)CCS(=O)(=O)CC(=O)O. The lowest BCUT2D eigenvalue weighted by Gasteiger charge is -1.96. The summed E-state index contributed by atoms with van der Waals surface area (Å²) >= 11 is 0. The third-order valence-electron chi connectivity index (χ3n) is 0.970. The Kier molecular flexibility index (Phi) is 3.68. The zero-order valence-electron chi connectivity index (χ0n) is 6.06. The van der Waals surface area contributed by atoms with Crippen molar-refractivity contribution < 1.29 is 28.2 Å². The van der Waals surface area contributed by atoms with Gasteiger partial charge in [0, 0.05) is 0 Å². The molecule has 0 aliphatic rings. The molecule has 0 aromatic heterocycles. The maximum Gasteiger partial charge on any atom is 0.318 e. The number of carbonyl (C=O) groups is 2. The molecule has 0 unspecified atom stereocenters. The minimum Gasteiger partial charge on any atom is -0.481 e. The van der Waals surface area contributed by atoms with Gasteiger partial charge in [-0.05, 0) is 0 Å². The molecule has 0 saturated heterocycles. The summed E-state index contributed by atoms with van der Waals surface area (Å²) in [7, 11) is -3.76. The number of rotatable bonds is 5. The molecule has 6 nitrogen and oxygen atoms in total. The van der Waals surface area contributed by atoms with Gasteiger partial charge in [0.15, 0.2) is 9.84 Å². The zero-order chi connectivity index (χ0) is 9.78. The number of sulfone groups is 1. The van der Waals surface area contributed by atoms with Gasteiger partial charge in [0.2, 0.25) is 0 Å². The molecule has 0 saturated carbocycles. The van der Waals surface area contributed by atoms with Crippen molar-refractivity contribution in [3.05, 3.63) is 0 Å². The Labute approximate surface area is 68.7 Å². The van der Waals surface area contributed by atoms with Crippen LogP contribution in [0.4, 0.5) is 0 Å². The molecule has 0 radical (unpaired) electrons. The predicted octanol–water partition coefficient (Wildman–Crippen LogP) is -1.04. The largest absolute Gasteiger partial charge is 0.481 e. The van der Waals surface area contributed by atoms with Crippen LogP contribution in [0.3, 0.4) is 0 Å². The fourth-order valence-electron chi connectivity index (χ4n) is 0.503. The normalized spacial score (nSPS) is 11.0. The lowest BCUT2D eigenvalue weighted by atomic mass is 10.5. The van der Waals surface area contributed by atoms with E-state index in [0.29, 0.717) is 0 Å². The van der Waals surface area contributed by atoms with E-state index in [4.69, 9.17) is 10.2 Å². The Balaban J connectivity index is 4.06. The van der Waals surface area contributed by atoms with Crippen LogP contribution in [0.2, 0.25) is 0 Å². The molecule has 0 aromatic carbocycles. The molecule has 2 N–H and O–H groups in total. The number of aliphatic carboxylic acids is 2. The van der Waals surface area contributed by atoms with Crippen LogP contribution in [0.1, 0.15) is 6.42 Å². The van der Waals surface area contributed by atoms with Crippen molar-refractivity contribution in [3.63, 3.8) is 0 Å². The lowest BCUT2D eigenvalue weighted by Crippen LogP contribution is -2.19. The highest BCUT2D eigenvalue weighted by molar-refractivity contribution is 7.92. The van der Waals surface area contributed by atoms with E-state index in [1.54, 1.807) is 0 Å². The van der Waals surface area contributed by atoms with Gasteiger partial charge in [-0.25, -0.2) is 8.42 Å². The standard InChI is InChI=1S/C5H8O6S/c6-4(7)1-2-12(10,11)3-5(8)9/h1-3H2,(H,6,7)(H,8,9). The molecule has 7 heteroatoms. The van der Waals surface area contributed by atoms with Crippen LogP contribution in [0, 0.1) is 0 Å². The summed E-state index contributed by atoms with van der Waals surface area (Å²) in [5.41, 5.74) is 0. The first-order valence-corrected chi connectivity index (χ1v) is 4.79. The highest BCUT2D eigenvalue weighted by Gasteiger charge is 2.16. The van der Waals surface area contributed by atoms with E-state index < -0.39 is 39.7 Å². The molecule has 70 valence electrons. The summed E-state index contributed by atoms with van der Waals surface area (Å²) in [6.07, 6.45) is -0.560. The lowest BCUT2D eigenvalue weighted by molar-refractivity contribution is -0.137. The van der Waals surface area contributed by atoms with Crippen LogP contribution >= 0.6 is 0 Å². The fraction of sp³-hybridized carbons (Fsp3) is 0.600. The molecular weight excluding hydrogens is 188 g/mol. The molecule has 0 heterocycles. The molecule has 0 fully saturated rings. The Morgan fingerprint density at radius 1 is 1.08 bits per heavy atom. The van der Waals surface area contributed by atoms with Crippen molar-refractivity contribution in [3.8, 4) is 0 Å². The second kappa shape index (κ2) is 4.05. The minimum atomic E-state index is -3.76. The third kappa shape index (κ3) is 5.66. The number of carboxylic acid groups (broad SMARTS) is 2. The predicted molar refractivity (Wildman–Crippen MR) is 38.5 cm³/mol. The first kappa shape index (κ1) is 10.9. The Morgan fingerprint density at radius 2 is 1.58 bits per heavy atom. The molecule has 0 spiro atoms. The van der Waals surface area contributed by atoms with E-state index in [9.17, 15) is 18.0 Å². The molecule has 0 aromatic rings. The molecule has 0 rings (SSSR count). The average Bonchev–Trinajstić information content (AvgIpc) is 1.81. The van der Waals surface area contributed by atoms with Crippen molar-refractivity contribution in [2.24, 2.45) is 0 Å². The van der Waals surface area contributed by atoms with E-state index in [0.717, 1.165) is 0 Å². The quantitative estimate of drug-likeness (QED) is 0.581. The molecule has 0 aliphatic heterocycles. The Bertz CT molecular complexity index is 276. The van der Waals surface area contributed by atoms with E-state index in [1.165, 1.54) is 0 Å². The van der Waals surface area contributed by atoms with Crippen LogP contribution in [0.25, 0.3) is 0 Å². The highest BCUT2D eigenvalue weighted by Crippen LogP contribution is 1.93. The molecule has 0 bridgehead atoms. The summed E-state index contributed by atoms with van der Waals surface area (Å²) in [5, 5.41) is 16.2. The average molecular weight is 196 g/mol. The summed E-state index contributed by atoms with van der Waals surface area (Å²) in [4.78, 5) is 19.9. The topological polar surface area (TPSA) is 109 Å². The van der Waals surface area contributed by atoms with Crippen LogP contribution in [-0.2, 0) is 19.4 Å². The van der Waals surface area contributed by atoms with Crippen LogP contribution in [-0.4, -0.2) is 42.1 Å². The summed E-state index contributed by atoms with van der Waals surface area (Å²) in [6.45, 7) is 0. The van der Waals surface area contributed by atoms with Gasteiger partial charge >= 0.3 is 11.9 Å². The van der Waals surface area contributed by atoms with Crippen molar-refractivity contribution in [2.75, 3.05) is 11.5 Å². The van der Waals surface area contributed by atoms with E-state index >= 15 is 0 Å². The Hall–Kier alpha value is -1.11. The van der Waals surface area contributed by atoms with Crippen LogP contribution in [0.5, 0.6) is 0 Å². The van der Waals surface area contributed by atoms with E-state index in [2.05, 4.69) is 0 Å². The Morgan fingerprint density at radius 3 is 1.92 bits per heavy atom. The third-order valence-corrected chi connectivity index (χ3v) is 2.48. The number of hydrogen-bond donors (Lipinski definition) is 2. The van der Waals surface area contributed by atoms with Crippen LogP contribution < -0.4 is 0 Å². The molecule has 0 atom stereocenters. The van der Waals surface area contributed by atoms with Crippen molar-refractivity contribution in [2.45, 2.75) is 6.42 Å². The molecular formula is C5H8O6S. The maximum absolute atomic E-state index is 10.7. The first-order chi connectivity index (χ1) is 5.33. The summed E-state index contributed by atoms with van der Waals surface area (Å²) in [6, 6.07) is 0. The van der Waals surface area contributed by atoms with Gasteiger partial charge in [0.1, 0.15) is 5.75 Å². The fourth-order valence-corrected chi connectivity index (χ4v) is 1.51. The smallest absolute Gasteiger partial charge is 0.318 e. The van der Waals surface area contributed by atoms with Gasteiger partial charge in [-0.1, -0.05) is 0 Å². The number of hydrogen-bond acceptors (Lipinski definition) is 4. The van der Waals surface area contributed by atoms with E-state index in [1.807, 2.05) is 0 Å². The maximum atomic E-state index is 10.7. The van der Waals surface area contributed by atoms with Gasteiger partial charge in [0.25, 0.3) is 0 Å². The number of carboxylic acids is 2. The summed E-state index contributed by atoms with van der Waals surface area (Å²) in [5.74, 6) is -4.38. The van der Waals surface area contributed by atoms with Gasteiger partial charge in [-0.15, -0.1) is 0 Å². The molecule has 0 amide bonds. The van der Waals surface area contributed by atoms with Gasteiger partial charge < -0.3 is 10.2 Å². The second-order valence-corrected chi connectivity index (χ2v) is 4.31. The van der Waals surface area contributed by atoms with Gasteiger partial charge in [-0.3, -0.25) is 9.59 Å². The first-order valence-electron chi connectivity index (χ1n) is 2.97. The monoisotopic (exact) mass is 196 g/mol. The zero-order valence-corrected chi connectivity index (χ0v) is 6.87. The molecule has 0 aliphatic carbocycles. The second-order valence-electron chi connectivity index (χ2n) is 2.13. The van der Waals surface area contributed by atoms with Crippen molar-refractivity contribution in [1.82, 2.24) is 0 Å². The minimum absolute atomic E-state index is 0.560. The van der Waals surface area contributed by atoms with Crippen LogP contribution in [0.15, 0.2) is 0 Å². The molecule has 12 heavy (non-hydrogen) atoms. The van der Waals surface area contributed by atoms with Gasteiger partial charge in [-0.2, -0.15) is 0 Å². The van der Waals surface area contributed by atoms with E-state index in [-0.39, 0.29) is 0 Å². The van der Waals surface area contributed by atoms with Gasteiger partial charge in [0.05, 0.1) is 12.2 Å².